The molecular formula is C19H27FN2O3. The van der Waals surface area contributed by atoms with E-state index in [2.05, 4.69) is 18.7 Å². The van der Waals surface area contributed by atoms with Crippen LogP contribution in [0.1, 0.15) is 30.6 Å². The molecule has 5 nitrogen and oxygen atoms in total. The van der Waals surface area contributed by atoms with Gasteiger partial charge in [-0.15, -0.1) is 0 Å². The summed E-state index contributed by atoms with van der Waals surface area (Å²) < 4.78 is 26.0. The Kier molecular flexibility index (Phi) is 5.71. The Morgan fingerprint density at radius 2 is 1.96 bits per heavy atom. The zero-order chi connectivity index (χ0) is 17.9. The van der Waals surface area contributed by atoms with Gasteiger partial charge in [-0.1, -0.05) is 26.0 Å². The fourth-order valence-corrected chi connectivity index (χ4v) is 3.60. The summed E-state index contributed by atoms with van der Waals surface area (Å²) in [7, 11) is 0. The molecule has 0 N–H and O–H groups in total. The molecule has 138 valence electrons. The molecule has 0 aliphatic carbocycles. The molecule has 0 radical (unpaired) electrons. The lowest BCUT2D eigenvalue weighted by atomic mass is 10.1. The van der Waals surface area contributed by atoms with E-state index < -0.39 is 11.6 Å². The van der Waals surface area contributed by atoms with Gasteiger partial charge in [-0.05, 0) is 24.5 Å². The van der Waals surface area contributed by atoms with Gasteiger partial charge in [0.05, 0.1) is 31.9 Å². The molecule has 1 aromatic rings. The second kappa shape index (κ2) is 7.81. The number of amides is 1. The molecule has 0 saturated carbocycles. The summed E-state index contributed by atoms with van der Waals surface area (Å²) >= 11 is 0. The molecule has 2 aliphatic rings. The maximum Gasteiger partial charge on any atom is 0.257 e. The average Bonchev–Trinajstić information content (AvgIpc) is 2.76. The number of carbonyl (C=O) groups excluding carboxylic acids is 1. The lowest BCUT2D eigenvalue weighted by Gasteiger charge is -2.43. The standard InChI is InChI=1S/C19H27FN2O3/c1-15(2)12-21-8-5-10-24-19(13-21)14-22(9-11-25-19)18(23)16-6-3-4-7-17(16)20/h3-4,6-7,15H,5,8-14H2,1-2H3. The molecule has 2 aliphatic heterocycles. The Labute approximate surface area is 148 Å². The topological polar surface area (TPSA) is 42.0 Å². The van der Waals surface area contributed by atoms with Crippen molar-refractivity contribution in [3.05, 3.63) is 35.6 Å². The molecule has 1 aromatic carbocycles. The maximum absolute atomic E-state index is 14.0. The molecule has 0 bridgehead atoms. The molecule has 0 aromatic heterocycles. The summed E-state index contributed by atoms with van der Waals surface area (Å²) in [5.74, 6) is -1.06. The predicted molar refractivity (Wildman–Crippen MR) is 92.8 cm³/mol. The minimum atomic E-state index is -0.815. The summed E-state index contributed by atoms with van der Waals surface area (Å²) in [5.41, 5.74) is 0.104. The molecule has 6 heteroatoms. The predicted octanol–water partition coefficient (Wildman–Crippen LogP) is 2.37. The molecule has 1 unspecified atom stereocenters. The third-order valence-electron chi connectivity index (χ3n) is 4.62. The van der Waals surface area contributed by atoms with E-state index in [4.69, 9.17) is 9.47 Å². The van der Waals surface area contributed by atoms with Crippen LogP contribution in [0.15, 0.2) is 24.3 Å². The second-order valence-corrected chi connectivity index (χ2v) is 7.30. The number of ether oxygens (including phenoxy) is 2. The third kappa shape index (κ3) is 4.37. The SMILES string of the molecule is CC(C)CN1CCCOC2(C1)CN(C(=O)c1ccccc1F)CCO2. The molecule has 1 amide bonds. The molecule has 3 rings (SSSR count). The number of halogens is 1. The summed E-state index contributed by atoms with van der Waals surface area (Å²) in [6.45, 7) is 8.72. The van der Waals surface area contributed by atoms with Gasteiger partial charge in [-0.25, -0.2) is 4.39 Å². The van der Waals surface area contributed by atoms with Crippen LogP contribution in [-0.4, -0.2) is 67.4 Å². The highest BCUT2D eigenvalue weighted by Gasteiger charge is 2.42. The van der Waals surface area contributed by atoms with E-state index in [-0.39, 0.29) is 11.5 Å². The van der Waals surface area contributed by atoms with Gasteiger partial charge in [-0.3, -0.25) is 9.69 Å². The van der Waals surface area contributed by atoms with Crippen molar-refractivity contribution in [2.45, 2.75) is 26.1 Å². The highest BCUT2D eigenvalue weighted by molar-refractivity contribution is 5.94. The molecule has 2 heterocycles. The van der Waals surface area contributed by atoms with E-state index in [9.17, 15) is 9.18 Å². The zero-order valence-electron chi connectivity index (χ0n) is 15.0. The fourth-order valence-electron chi connectivity index (χ4n) is 3.60. The quantitative estimate of drug-likeness (QED) is 0.839. The van der Waals surface area contributed by atoms with Gasteiger partial charge in [0, 0.05) is 19.6 Å². The highest BCUT2D eigenvalue weighted by Crippen LogP contribution is 2.26. The van der Waals surface area contributed by atoms with Crippen molar-refractivity contribution < 1.29 is 18.7 Å². The smallest absolute Gasteiger partial charge is 0.257 e. The van der Waals surface area contributed by atoms with Gasteiger partial charge in [0.1, 0.15) is 5.82 Å². The van der Waals surface area contributed by atoms with E-state index in [0.717, 1.165) is 19.5 Å². The van der Waals surface area contributed by atoms with Gasteiger partial charge >= 0.3 is 0 Å². The monoisotopic (exact) mass is 350 g/mol. The first kappa shape index (κ1) is 18.3. The average molecular weight is 350 g/mol. The van der Waals surface area contributed by atoms with Crippen molar-refractivity contribution in [1.29, 1.82) is 0 Å². The van der Waals surface area contributed by atoms with E-state index in [1.54, 1.807) is 17.0 Å². The minimum Gasteiger partial charge on any atom is -0.347 e. The zero-order valence-corrected chi connectivity index (χ0v) is 15.0. The highest BCUT2D eigenvalue weighted by atomic mass is 19.1. The van der Waals surface area contributed by atoms with Crippen LogP contribution >= 0.6 is 0 Å². The van der Waals surface area contributed by atoms with Crippen molar-refractivity contribution in [3.8, 4) is 0 Å². The summed E-state index contributed by atoms with van der Waals surface area (Å²) in [5, 5.41) is 0. The molecular weight excluding hydrogens is 323 g/mol. The number of rotatable bonds is 3. The summed E-state index contributed by atoms with van der Waals surface area (Å²) in [4.78, 5) is 16.7. The Bertz CT molecular complexity index is 610. The van der Waals surface area contributed by atoms with Crippen LogP contribution in [0, 0.1) is 11.7 Å². The van der Waals surface area contributed by atoms with Crippen molar-refractivity contribution in [2.75, 3.05) is 45.9 Å². The number of morpholine rings is 1. The van der Waals surface area contributed by atoms with Crippen molar-refractivity contribution in [2.24, 2.45) is 5.92 Å². The number of hydrogen-bond donors (Lipinski definition) is 0. The number of nitrogens with zero attached hydrogens (tertiary/aromatic N) is 2. The van der Waals surface area contributed by atoms with Crippen molar-refractivity contribution in [1.82, 2.24) is 9.80 Å². The fraction of sp³-hybridized carbons (Fsp3) is 0.632. The largest absolute Gasteiger partial charge is 0.347 e. The summed E-state index contributed by atoms with van der Waals surface area (Å²) in [6, 6.07) is 6.11. The first-order chi connectivity index (χ1) is 12.0. The van der Waals surface area contributed by atoms with Gasteiger partial charge in [-0.2, -0.15) is 0 Å². The summed E-state index contributed by atoms with van der Waals surface area (Å²) in [6.07, 6.45) is 0.944. The molecule has 2 fully saturated rings. The maximum atomic E-state index is 14.0. The van der Waals surface area contributed by atoms with Gasteiger partial charge in [0.25, 0.3) is 5.91 Å². The number of hydrogen-bond acceptors (Lipinski definition) is 4. The molecule has 25 heavy (non-hydrogen) atoms. The van der Waals surface area contributed by atoms with Crippen molar-refractivity contribution >= 4 is 5.91 Å². The Morgan fingerprint density at radius 3 is 2.72 bits per heavy atom. The second-order valence-electron chi connectivity index (χ2n) is 7.30. The van der Waals surface area contributed by atoms with Gasteiger partial charge in [0.2, 0.25) is 0 Å². The lowest BCUT2D eigenvalue weighted by molar-refractivity contribution is -0.261. The third-order valence-corrected chi connectivity index (χ3v) is 4.62. The first-order valence-corrected chi connectivity index (χ1v) is 9.03. The number of benzene rings is 1. The molecule has 2 saturated heterocycles. The van der Waals surface area contributed by atoms with Crippen LogP contribution in [0.5, 0.6) is 0 Å². The lowest BCUT2D eigenvalue weighted by Crippen LogP contribution is -2.59. The normalized spacial score (nSPS) is 25.4. The minimum absolute atomic E-state index is 0.104. The molecule has 1 atom stereocenters. The van der Waals surface area contributed by atoms with Crippen LogP contribution in [0.4, 0.5) is 4.39 Å². The van der Waals surface area contributed by atoms with Crippen molar-refractivity contribution in [3.63, 3.8) is 0 Å². The van der Waals surface area contributed by atoms with Crippen LogP contribution in [0.25, 0.3) is 0 Å². The van der Waals surface area contributed by atoms with E-state index in [0.29, 0.717) is 38.8 Å². The van der Waals surface area contributed by atoms with Crippen LogP contribution in [0.2, 0.25) is 0 Å². The van der Waals surface area contributed by atoms with Crippen LogP contribution < -0.4 is 0 Å². The Morgan fingerprint density at radius 1 is 1.20 bits per heavy atom. The Balaban J connectivity index is 1.75. The first-order valence-electron chi connectivity index (χ1n) is 9.03. The Hall–Kier alpha value is -1.50. The molecule has 1 spiro atoms. The van der Waals surface area contributed by atoms with Gasteiger partial charge < -0.3 is 14.4 Å². The van der Waals surface area contributed by atoms with Gasteiger partial charge in [0.15, 0.2) is 5.79 Å². The van der Waals surface area contributed by atoms with E-state index >= 15 is 0 Å². The van der Waals surface area contributed by atoms with Crippen LogP contribution in [0.3, 0.4) is 0 Å². The van der Waals surface area contributed by atoms with Crippen LogP contribution in [-0.2, 0) is 9.47 Å². The number of carbonyl (C=O) groups is 1. The van der Waals surface area contributed by atoms with E-state index in [1.807, 2.05) is 0 Å². The van der Waals surface area contributed by atoms with E-state index in [1.165, 1.54) is 12.1 Å².